The molecule has 0 saturated carbocycles. The number of alkyl halides is 3. The normalized spacial score (nSPS) is 11.5. The Hall–Kier alpha value is -1.11. The van der Waals surface area contributed by atoms with Crippen LogP contribution >= 0.6 is 45.8 Å². The summed E-state index contributed by atoms with van der Waals surface area (Å²) in [5, 5.41) is 8.53. The monoisotopic (exact) mass is 445 g/mol. The van der Waals surface area contributed by atoms with Gasteiger partial charge < -0.3 is 5.73 Å². The maximum Gasteiger partial charge on any atom is 0.416 e. The molecule has 110 valence electrons. The number of anilines is 1. The maximum atomic E-state index is 12.7. The van der Waals surface area contributed by atoms with E-state index in [1.165, 1.54) is 10.8 Å². The van der Waals surface area contributed by atoms with Crippen molar-refractivity contribution in [1.29, 1.82) is 5.26 Å². The largest absolute Gasteiger partial charge is 0.416 e. The molecule has 0 amide bonds. The van der Waals surface area contributed by atoms with Gasteiger partial charge in [-0.3, -0.25) is 4.57 Å². The first-order valence-corrected chi connectivity index (χ1v) is 7.13. The summed E-state index contributed by atoms with van der Waals surface area (Å²) >= 11 is 13.7. The molecule has 0 aliphatic rings. The number of nitrogens with zero attached hydrogens (tertiary/aromatic N) is 2. The molecule has 9 heteroatoms. The van der Waals surface area contributed by atoms with E-state index in [1.54, 1.807) is 0 Å². The molecule has 1 aromatic heterocycles. The van der Waals surface area contributed by atoms with Gasteiger partial charge in [0.1, 0.15) is 11.9 Å². The fourth-order valence-electron chi connectivity index (χ4n) is 1.72. The predicted octanol–water partition coefficient (Wildman–Crippen LogP) is 4.86. The number of rotatable bonds is 1. The molecule has 2 aromatic rings. The van der Waals surface area contributed by atoms with Crippen molar-refractivity contribution in [1.82, 2.24) is 4.57 Å². The van der Waals surface area contributed by atoms with Crippen LogP contribution in [0, 0.1) is 14.9 Å². The van der Waals surface area contributed by atoms with Crippen molar-refractivity contribution in [2.45, 2.75) is 6.18 Å². The lowest BCUT2D eigenvalue weighted by Crippen LogP contribution is -2.07. The Morgan fingerprint density at radius 1 is 1.24 bits per heavy atom. The SMILES string of the molecule is N#Cc1cn(-c2c(Cl)cc(C(F)(F)F)cc2Cl)c(N)c1I. The second-order valence-electron chi connectivity index (χ2n) is 4.01. The first-order chi connectivity index (χ1) is 9.66. The molecule has 1 aromatic carbocycles. The Kier molecular flexibility index (Phi) is 4.33. The molecule has 0 atom stereocenters. The van der Waals surface area contributed by atoms with Crippen LogP contribution in [0.4, 0.5) is 19.0 Å². The highest BCUT2D eigenvalue weighted by Crippen LogP contribution is 2.39. The van der Waals surface area contributed by atoms with Crippen LogP contribution in [0.2, 0.25) is 10.0 Å². The third kappa shape index (κ3) is 2.93. The van der Waals surface area contributed by atoms with Crippen molar-refractivity contribution in [3.63, 3.8) is 0 Å². The average molecular weight is 446 g/mol. The number of benzene rings is 1. The molecule has 0 aliphatic heterocycles. The Labute approximate surface area is 141 Å². The lowest BCUT2D eigenvalue weighted by molar-refractivity contribution is -0.137. The van der Waals surface area contributed by atoms with Gasteiger partial charge in [-0.1, -0.05) is 23.2 Å². The third-order valence-electron chi connectivity index (χ3n) is 2.68. The smallest absolute Gasteiger partial charge is 0.384 e. The zero-order valence-electron chi connectivity index (χ0n) is 9.97. The van der Waals surface area contributed by atoms with Crippen molar-refractivity contribution in [2.75, 3.05) is 5.73 Å². The molecule has 1 heterocycles. The summed E-state index contributed by atoms with van der Waals surface area (Å²) in [5.41, 5.74) is 5.26. The van der Waals surface area contributed by atoms with Crippen LogP contribution in [-0.2, 0) is 6.18 Å². The summed E-state index contributed by atoms with van der Waals surface area (Å²) in [6.07, 6.45) is -3.18. The van der Waals surface area contributed by atoms with E-state index < -0.39 is 11.7 Å². The Balaban J connectivity index is 2.70. The van der Waals surface area contributed by atoms with Gasteiger partial charge in [0.2, 0.25) is 0 Å². The first-order valence-electron chi connectivity index (χ1n) is 5.29. The quantitative estimate of drug-likeness (QED) is 0.637. The number of nitrogens with two attached hydrogens (primary N) is 1. The number of nitriles is 1. The van der Waals surface area contributed by atoms with Crippen LogP contribution < -0.4 is 5.73 Å². The predicted molar refractivity (Wildman–Crippen MR) is 82.6 cm³/mol. The lowest BCUT2D eigenvalue weighted by Gasteiger charge is -2.14. The van der Waals surface area contributed by atoms with Gasteiger partial charge in [0.05, 0.1) is 30.4 Å². The second-order valence-corrected chi connectivity index (χ2v) is 5.90. The summed E-state index contributed by atoms with van der Waals surface area (Å²) in [7, 11) is 0. The van der Waals surface area contributed by atoms with Crippen LogP contribution in [0.3, 0.4) is 0 Å². The number of halogens is 6. The summed E-state index contributed by atoms with van der Waals surface area (Å²) in [6, 6.07) is 3.46. The molecule has 0 unspecified atom stereocenters. The van der Waals surface area contributed by atoms with Crippen LogP contribution in [0.1, 0.15) is 11.1 Å². The van der Waals surface area contributed by atoms with E-state index in [2.05, 4.69) is 0 Å². The molecule has 0 aliphatic carbocycles. The van der Waals surface area contributed by atoms with Gasteiger partial charge >= 0.3 is 6.18 Å². The van der Waals surface area contributed by atoms with Crippen molar-refractivity contribution in [3.05, 3.63) is 43.1 Å². The zero-order valence-corrected chi connectivity index (χ0v) is 13.6. The van der Waals surface area contributed by atoms with Gasteiger partial charge in [-0.2, -0.15) is 18.4 Å². The van der Waals surface area contributed by atoms with Gasteiger partial charge in [0.25, 0.3) is 0 Å². The van der Waals surface area contributed by atoms with E-state index >= 15 is 0 Å². The molecule has 0 radical (unpaired) electrons. The summed E-state index contributed by atoms with van der Waals surface area (Å²) < 4.78 is 39.8. The minimum atomic E-state index is -4.56. The van der Waals surface area contributed by atoms with Gasteiger partial charge in [0.15, 0.2) is 0 Å². The Morgan fingerprint density at radius 2 is 1.76 bits per heavy atom. The molecule has 3 nitrogen and oxygen atoms in total. The molecule has 2 N–H and O–H groups in total. The molecule has 2 rings (SSSR count). The van der Waals surface area contributed by atoms with Gasteiger partial charge in [-0.05, 0) is 34.7 Å². The average Bonchev–Trinajstić information content (AvgIpc) is 2.65. The highest BCUT2D eigenvalue weighted by molar-refractivity contribution is 14.1. The summed E-state index contributed by atoms with van der Waals surface area (Å²) in [4.78, 5) is 0. The van der Waals surface area contributed by atoms with Crippen LogP contribution in [0.15, 0.2) is 18.3 Å². The van der Waals surface area contributed by atoms with Crippen molar-refractivity contribution < 1.29 is 13.2 Å². The van der Waals surface area contributed by atoms with E-state index in [1.807, 2.05) is 28.7 Å². The summed E-state index contributed by atoms with van der Waals surface area (Å²) in [5.74, 6) is 0.177. The van der Waals surface area contributed by atoms with Crippen molar-refractivity contribution in [3.8, 4) is 11.8 Å². The van der Waals surface area contributed by atoms with Crippen LogP contribution in [0.25, 0.3) is 5.69 Å². The van der Waals surface area contributed by atoms with E-state index in [0.29, 0.717) is 3.57 Å². The zero-order chi connectivity index (χ0) is 15.9. The molecule has 0 bridgehead atoms. The second kappa shape index (κ2) is 5.59. The lowest BCUT2D eigenvalue weighted by atomic mass is 10.2. The number of aromatic nitrogens is 1. The van der Waals surface area contributed by atoms with E-state index in [0.717, 1.165) is 12.1 Å². The molecular weight excluding hydrogens is 441 g/mol. The van der Waals surface area contributed by atoms with E-state index in [9.17, 15) is 13.2 Å². The maximum absolute atomic E-state index is 12.7. The first kappa shape index (κ1) is 16.3. The molecular formula is C12H5Cl2F3IN3. The summed E-state index contributed by atoms with van der Waals surface area (Å²) in [6.45, 7) is 0. The fraction of sp³-hybridized carbons (Fsp3) is 0.0833. The molecule has 0 saturated heterocycles. The number of hydrogen-bond donors (Lipinski definition) is 1. The van der Waals surface area contributed by atoms with E-state index in [4.69, 9.17) is 34.2 Å². The number of nitrogen functional groups attached to an aromatic ring is 1. The Morgan fingerprint density at radius 3 is 2.14 bits per heavy atom. The van der Waals surface area contributed by atoms with Gasteiger partial charge in [-0.25, -0.2) is 0 Å². The van der Waals surface area contributed by atoms with Gasteiger partial charge in [-0.15, -0.1) is 0 Å². The highest BCUT2D eigenvalue weighted by Gasteiger charge is 2.32. The topological polar surface area (TPSA) is 54.7 Å². The third-order valence-corrected chi connectivity index (χ3v) is 4.39. The van der Waals surface area contributed by atoms with Crippen molar-refractivity contribution >= 4 is 51.6 Å². The Bertz CT molecular complexity index is 739. The molecule has 0 fully saturated rings. The van der Waals surface area contributed by atoms with Crippen molar-refractivity contribution in [2.24, 2.45) is 0 Å². The van der Waals surface area contributed by atoms with Crippen LogP contribution in [-0.4, -0.2) is 4.57 Å². The minimum Gasteiger partial charge on any atom is -0.384 e. The van der Waals surface area contributed by atoms with Crippen LogP contribution in [0.5, 0.6) is 0 Å². The standard InChI is InChI=1S/C12H5Cl2F3IN3/c13-7-1-6(12(15,16)17)2-8(14)10(7)21-4-5(3-19)9(18)11(21)20/h1-2,4H,20H2. The highest BCUT2D eigenvalue weighted by atomic mass is 127. The fourth-order valence-corrected chi connectivity index (χ4v) is 2.91. The number of hydrogen-bond acceptors (Lipinski definition) is 2. The van der Waals surface area contributed by atoms with E-state index in [-0.39, 0.29) is 27.1 Å². The molecule has 0 spiro atoms. The molecule has 21 heavy (non-hydrogen) atoms. The van der Waals surface area contributed by atoms with Gasteiger partial charge in [0, 0.05) is 6.20 Å². The minimum absolute atomic E-state index is 0.100.